The molecule has 0 aliphatic rings. The van der Waals surface area contributed by atoms with Crippen LogP contribution in [0.5, 0.6) is 0 Å². The monoisotopic (exact) mass is 332 g/mol. The van der Waals surface area contributed by atoms with Crippen LogP contribution in [0.3, 0.4) is 0 Å². The second kappa shape index (κ2) is 9.43. The number of aromatic nitrogens is 1. The van der Waals surface area contributed by atoms with Crippen molar-refractivity contribution in [3.63, 3.8) is 0 Å². The first-order valence-corrected chi connectivity index (χ1v) is 8.95. The van der Waals surface area contributed by atoms with Crippen LogP contribution in [0.2, 0.25) is 0 Å². The predicted octanol–water partition coefficient (Wildman–Crippen LogP) is 3.27. The number of carbonyl (C=O) groups is 1. The van der Waals surface area contributed by atoms with Gasteiger partial charge in [-0.25, -0.2) is 0 Å². The van der Waals surface area contributed by atoms with E-state index in [-0.39, 0.29) is 18.6 Å². The number of rotatable bonds is 9. The third-order valence-electron chi connectivity index (χ3n) is 3.90. The highest BCUT2D eigenvalue weighted by atomic mass is 32.1. The number of aliphatic hydroxyl groups excluding tert-OH is 1. The highest BCUT2D eigenvalue weighted by Gasteiger charge is 2.22. The van der Waals surface area contributed by atoms with Gasteiger partial charge in [0.2, 0.25) is 5.91 Å². The highest BCUT2D eigenvalue weighted by molar-refractivity contribution is 7.09. The molecule has 23 heavy (non-hydrogen) atoms. The molecule has 2 aromatic rings. The first kappa shape index (κ1) is 17.6. The largest absolute Gasteiger partial charge is 0.394 e. The minimum Gasteiger partial charge on any atom is -0.394 e. The third-order valence-corrected chi connectivity index (χ3v) is 4.83. The van der Waals surface area contributed by atoms with Crippen LogP contribution in [0.1, 0.15) is 36.8 Å². The minimum absolute atomic E-state index is 0.0139. The van der Waals surface area contributed by atoms with E-state index in [0.717, 1.165) is 25.0 Å². The van der Waals surface area contributed by atoms with Crippen LogP contribution in [0.15, 0.2) is 41.9 Å². The molecule has 0 aliphatic heterocycles. The van der Waals surface area contributed by atoms with Gasteiger partial charge in [0.25, 0.3) is 0 Å². The van der Waals surface area contributed by atoms with Gasteiger partial charge in [0.1, 0.15) is 0 Å². The maximum absolute atomic E-state index is 12.6. The number of nitrogens with zero attached hydrogens (tertiary/aromatic N) is 2. The molecular weight excluding hydrogens is 308 g/mol. The van der Waals surface area contributed by atoms with Crippen LogP contribution in [0, 0.1) is 0 Å². The fourth-order valence-electron chi connectivity index (χ4n) is 2.55. The van der Waals surface area contributed by atoms with E-state index in [1.807, 2.05) is 31.2 Å². The van der Waals surface area contributed by atoms with Crippen LogP contribution >= 0.6 is 11.3 Å². The molecule has 0 unspecified atom stereocenters. The number of aryl methyl sites for hydroxylation is 1. The Morgan fingerprint density at radius 2 is 2.22 bits per heavy atom. The lowest BCUT2D eigenvalue weighted by atomic mass is 10.1. The molecule has 0 aromatic carbocycles. The van der Waals surface area contributed by atoms with Crippen molar-refractivity contribution in [2.45, 2.75) is 45.2 Å². The van der Waals surface area contributed by atoms with Crippen LogP contribution < -0.4 is 0 Å². The van der Waals surface area contributed by atoms with E-state index >= 15 is 0 Å². The Morgan fingerprint density at radius 1 is 1.35 bits per heavy atom. The number of pyridine rings is 1. The molecule has 5 heteroatoms. The molecule has 1 atom stereocenters. The molecule has 0 bridgehead atoms. The van der Waals surface area contributed by atoms with Gasteiger partial charge in [-0.1, -0.05) is 19.1 Å². The van der Waals surface area contributed by atoms with Crippen LogP contribution in [0.25, 0.3) is 0 Å². The summed E-state index contributed by atoms with van der Waals surface area (Å²) in [6, 6.07) is 9.68. The van der Waals surface area contributed by atoms with Gasteiger partial charge < -0.3 is 10.0 Å². The molecular formula is C18H24N2O2S. The topological polar surface area (TPSA) is 53.4 Å². The zero-order chi connectivity index (χ0) is 16.5. The number of aliphatic hydroxyl groups is 1. The zero-order valence-electron chi connectivity index (χ0n) is 13.5. The van der Waals surface area contributed by atoms with Crippen molar-refractivity contribution in [3.8, 4) is 0 Å². The maximum atomic E-state index is 12.6. The van der Waals surface area contributed by atoms with E-state index in [1.54, 1.807) is 22.4 Å². The van der Waals surface area contributed by atoms with Crippen LogP contribution in [0.4, 0.5) is 0 Å². The SMILES string of the molecule is CC[C@H](CO)N(Cc1ccccn1)C(=O)CCCc1cccs1. The van der Waals surface area contributed by atoms with Crippen molar-refractivity contribution in [1.82, 2.24) is 9.88 Å². The van der Waals surface area contributed by atoms with Gasteiger partial charge in [0.05, 0.1) is 24.9 Å². The number of carbonyl (C=O) groups excluding carboxylic acids is 1. The van der Waals surface area contributed by atoms with E-state index in [4.69, 9.17) is 0 Å². The van der Waals surface area contributed by atoms with Gasteiger partial charge >= 0.3 is 0 Å². The molecule has 1 N–H and O–H groups in total. The summed E-state index contributed by atoms with van der Waals surface area (Å²) >= 11 is 1.73. The Kier molecular flexibility index (Phi) is 7.23. The Bertz CT molecular complexity index is 568. The summed E-state index contributed by atoms with van der Waals surface area (Å²) in [6.07, 6.45) is 4.73. The Balaban J connectivity index is 1.96. The number of hydrogen-bond acceptors (Lipinski definition) is 4. The van der Waals surface area contributed by atoms with Gasteiger partial charge in [0, 0.05) is 17.5 Å². The molecule has 124 valence electrons. The van der Waals surface area contributed by atoms with Gasteiger partial charge in [-0.05, 0) is 42.8 Å². The van der Waals surface area contributed by atoms with Crippen molar-refractivity contribution < 1.29 is 9.90 Å². The standard InChI is InChI=1S/C18H24N2O2S/c1-2-16(14-21)20(13-15-7-3-4-11-19-15)18(22)10-5-8-17-9-6-12-23-17/h3-4,6-7,9,11-12,16,21H,2,5,8,10,13-14H2,1H3/t16-/m1/s1. The summed E-state index contributed by atoms with van der Waals surface area (Å²) in [5.41, 5.74) is 0.853. The fourth-order valence-corrected chi connectivity index (χ4v) is 3.30. The summed E-state index contributed by atoms with van der Waals surface area (Å²) < 4.78 is 0. The minimum atomic E-state index is -0.147. The van der Waals surface area contributed by atoms with E-state index in [0.29, 0.717) is 13.0 Å². The lowest BCUT2D eigenvalue weighted by Crippen LogP contribution is -2.41. The highest BCUT2D eigenvalue weighted by Crippen LogP contribution is 2.15. The summed E-state index contributed by atoms with van der Waals surface area (Å²) in [5, 5.41) is 11.6. The Morgan fingerprint density at radius 3 is 2.83 bits per heavy atom. The average molecular weight is 332 g/mol. The molecule has 0 spiro atoms. The number of amides is 1. The van der Waals surface area contributed by atoms with E-state index < -0.39 is 0 Å². The first-order valence-electron chi connectivity index (χ1n) is 8.07. The molecule has 0 radical (unpaired) electrons. The smallest absolute Gasteiger partial charge is 0.223 e. The second-order valence-corrected chi connectivity index (χ2v) is 6.55. The van der Waals surface area contributed by atoms with Gasteiger partial charge in [-0.2, -0.15) is 0 Å². The van der Waals surface area contributed by atoms with Crippen molar-refractivity contribution in [1.29, 1.82) is 0 Å². The molecule has 2 rings (SSSR count). The number of thiophene rings is 1. The predicted molar refractivity (Wildman–Crippen MR) is 93.2 cm³/mol. The quantitative estimate of drug-likeness (QED) is 0.767. The zero-order valence-corrected chi connectivity index (χ0v) is 14.3. The van der Waals surface area contributed by atoms with E-state index in [9.17, 15) is 9.90 Å². The van der Waals surface area contributed by atoms with Crippen molar-refractivity contribution in [2.75, 3.05) is 6.61 Å². The lowest BCUT2D eigenvalue weighted by molar-refractivity contribution is -0.135. The molecule has 0 saturated heterocycles. The molecule has 2 heterocycles. The van der Waals surface area contributed by atoms with Crippen molar-refractivity contribution >= 4 is 17.2 Å². The van der Waals surface area contributed by atoms with Gasteiger partial charge in [-0.15, -0.1) is 11.3 Å². The molecule has 4 nitrogen and oxygen atoms in total. The maximum Gasteiger partial charge on any atom is 0.223 e. The Hall–Kier alpha value is -1.72. The Labute approximate surface area is 141 Å². The summed E-state index contributed by atoms with van der Waals surface area (Å²) in [7, 11) is 0. The molecule has 1 amide bonds. The summed E-state index contributed by atoms with van der Waals surface area (Å²) in [5.74, 6) is 0.0908. The first-order chi connectivity index (χ1) is 11.2. The second-order valence-electron chi connectivity index (χ2n) is 5.52. The van der Waals surface area contributed by atoms with E-state index in [2.05, 4.69) is 16.4 Å². The van der Waals surface area contributed by atoms with Gasteiger partial charge in [0.15, 0.2) is 0 Å². The van der Waals surface area contributed by atoms with E-state index in [1.165, 1.54) is 4.88 Å². The molecule has 2 aromatic heterocycles. The third kappa shape index (κ3) is 5.44. The van der Waals surface area contributed by atoms with Crippen LogP contribution in [-0.4, -0.2) is 33.5 Å². The molecule has 0 saturated carbocycles. The summed E-state index contributed by atoms with van der Waals surface area (Å²) in [6.45, 7) is 2.43. The van der Waals surface area contributed by atoms with Crippen molar-refractivity contribution in [2.24, 2.45) is 0 Å². The lowest BCUT2D eigenvalue weighted by Gasteiger charge is -2.30. The fraction of sp³-hybridized carbons (Fsp3) is 0.444. The average Bonchev–Trinajstić information content (AvgIpc) is 3.09. The van der Waals surface area contributed by atoms with Crippen LogP contribution in [-0.2, 0) is 17.8 Å². The number of hydrogen-bond donors (Lipinski definition) is 1. The van der Waals surface area contributed by atoms with Crippen molar-refractivity contribution in [3.05, 3.63) is 52.5 Å². The van der Waals surface area contributed by atoms with Gasteiger partial charge in [-0.3, -0.25) is 9.78 Å². The molecule has 0 fully saturated rings. The normalized spacial score (nSPS) is 12.1. The molecule has 0 aliphatic carbocycles. The summed E-state index contributed by atoms with van der Waals surface area (Å²) in [4.78, 5) is 20.0.